The summed E-state index contributed by atoms with van der Waals surface area (Å²) in [5.41, 5.74) is 0. The number of piperidine rings is 1. The van der Waals surface area contributed by atoms with Gasteiger partial charge in [0, 0.05) is 12.6 Å². The summed E-state index contributed by atoms with van der Waals surface area (Å²) in [5, 5.41) is 11.2. The van der Waals surface area contributed by atoms with Crippen LogP contribution in [-0.4, -0.2) is 22.9 Å². The molecule has 0 aromatic carbocycles. The molecule has 78 valence electrons. The Bertz CT molecular complexity index is 138. The zero-order valence-corrected chi connectivity index (χ0v) is 9.00. The number of rotatable bonds is 4. The SMILES string of the molecule is CCCC(C)CC1CCCCN1O. The highest BCUT2D eigenvalue weighted by Gasteiger charge is 2.22. The van der Waals surface area contributed by atoms with Gasteiger partial charge in [-0.05, 0) is 25.2 Å². The molecule has 0 aliphatic carbocycles. The van der Waals surface area contributed by atoms with Gasteiger partial charge < -0.3 is 5.21 Å². The summed E-state index contributed by atoms with van der Waals surface area (Å²) >= 11 is 0. The zero-order valence-electron chi connectivity index (χ0n) is 9.00. The van der Waals surface area contributed by atoms with E-state index in [0.29, 0.717) is 6.04 Å². The van der Waals surface area contributed by atoms with Crippen molar-refractivity contribution >= 4 is 0 Å². The maximum Gasteiger partial charge on any atom is 0.0352 e. The Morgan fingerprint density at radius 2 is 2.23 bits per heavy atom. The summed E-state index contributed by atoms with van der Waals surface area (Å²) in [6, 6.07) is 0.440. The maximum atomic E-state index is 9.62. The minimum absolute atomic E-state index is 0.440. The van der Waals surface area contributed by atoms with E-state index in [1.807, 2.05) is 0 Å². The Kier molecular flexibility index (Phi) is 4.74. The van der Waals surface area contributed by atoms with Gasteiger partial charge >= 0.3 is 0 Å². The monoisotopic (exact) mass is 185 g/mol. The molecule has 1 heterocycles. The summed E-state index contributed by atoms with van der Waals surface area (Å²) in [7, 11) is 0. The predicted molar refractivity (Wildman–Crippen MR) is 54.8 cm³/mol. The summed E-state index contributed by atoms with van der Waals surface area (Å²) in [5.74, 6) is 0.766. The van der Waals surface area contributed by atoms with Crippen molar-refractivity contribution in [2.45, 2.75) is 58.4 Å². The van der Waals surface area contributed by atoms with Crippen LogP contribution in [0.3, 0.4) is 0 Å². The highest BCUT2D eigenvalue weighted by Crippen LogP contribution is 2.23. The van der Waals surface area contributed by atoms with Gasteiger partial charge in [0.15, 0.2) is 0 Å². The van der Waals surface area contributed by atoms with Crippen molar-refractivity contribution in [3.05, 3.63) is 0 Å². The fourth-order valence-electron chi connectivity index (χ4n) is 2.30. The molecule has 2 atom stereocenters. The Hall–Kier alpha value is -0.0800. The molecule has 2 nitrogen and oxygen atoms in total. The van der Waals surface area contributed by atoms with E-state index < -0.39 is 0 Å². The average Bonchev–Trinajstić information content (AvgIpc) is 2.09. The first-order valence-electron chi connectivity index (χ1n) is 5.69. The molecule has 0 spiro atoms. The van der Waals surface area contributed by atoms with E-state index in [1.54, 1.807) is 5.06 Å². The van der Waals surface area contributed by atoms with Gasteiger partial charge in [0.1, 0.15) is 0 Å². The fourth-order valence-corrected chi connectivity index (χ4v) is 2.30. The fraction of sp³-hybridized carbons (Fsp3) is 1.00. The van der Waals surface area contributed by atoms with E-state index in [9.17, 15) is 5.21 Å². The zero-order chi connectivity index (χ0) is 9.68. The van der Waals surface area contributed by atoms with Crippen LogP contribution in [0.15, 0.2) is 0 Å². The van der Waals surface area contributed by atoms with Gasteiger partial charge in [0.05, 0.1) is 0 Å². The molecule has 0 saturated carbocycles. The van der Waals surface area contributed by atoms with Gasteiger partial charge in [-0.15, -0.1) is 0 Å². The van der Waals surface area contributed by atoms with Crippen molar-refractivity contribution < 1.29 is 5.21 Å². The Morgan fingerprint density at radius 1 is 1.46 bits per heavy atom. The standard InChI is InChI=1S/C11H23NO/c1-3-6-10(2)9-11-7-4-5-8-12(11)13/h10-11,13H,3-9H2,1-2H3. The van der Waals surface area contributed by atoms with E-state index in [-0.39, 0.29) is 0 Å². The second-order valence-electron chi connectivity index (χ2n) is 4.44. The molecule has 13 heavy (non-hydrogen) atoms. The van der Waals surface area contributed by atoms with Gasteiger partial charge in [0.2, 0.25) is 0 Å². The first kappa shape index (κ1) is 11.0. The third kappa shape index (κ3) is 3.65. The molecule has 1 rings (SSSR count). The van der Waals surface area contributed by atoms with Gasteiger partial charge in [-0.1, -0.05) is 33.1 Å². The van der Waals surface area contributed by atoms with E-state index in [4.69, 9.17) is 0 Å². The summed E-state index contributed by atoms with van der Waals surface area (Å²) < 4.78 is 0. The first-order chi connectivity index (χ1) is 6.24. The summed E-state index contributed by atoms with van der Waals surface area (Å²) in [6.45, 7) is 5.41. The largest absolute Gasteiger partial charge is 0.314 e. The topological polar surface area (TPSA) is 23.5 Å². The molecule has 1 fully saturated rings. The van der Waals surface area contributed by atoms with Crippen molar-refractivity contribution in [2.75, 3.05) is 6.54 Å². The minimum atomic E-state index is 0.440. The third-order valence-electron chi connectivity index (χ3n) is 3.05. The predicted octanol–water partition coefficient (Wildman–Crippen LogP) is 3.06. The third-order valence-corrected chi connectivity index (χ3v) is 3.05. The van der Waals surface area contributed by atoms with Crippen LogP contribution in [0.25, 0.3) is 0 Å². The second-order valence-corrected chi connectivity index (χ2v) is 4.44. The van der Waals surface area contributed by atoms with Crippen molar-refractivity contribution in [2.24, 2.45) is 5.92 Å². The number of hydroxylamine groups is 2. The summed E-state index contributed by atoms with van der Waals surface area (Å²) in [6.07, 6.45) is 7.37. The Labute approximate surface area is 81.9 Å². The molecule has 0 radical (unpaired) electrons. The maximum absolute atomic E-state index is 9.62. The van der Waals surface area contributed by atoms with Crippen molar-refractivity contribution in [1.29, 1.82) is 0 Å². The van der Waals surface area contributed by atoms with Gasteiger partial charge in [-0.3, -0.25) is 0 Å². The average molecular weight is 185 g/mol. The van der Waals surface area contributed by atoms with Crippen LogP contribution in [0.4, 0.5) is 0 Å². The van der Waals surface area contributed by atoms with Crippen molar-refractivity contribution in [3.8, 4) is 0 Å². The van der Waals surface area contributed by atoms with Gasteiger partial charge in [0.25, 0.3) is 0 Å². The first-order valence-corrected chi connectivity index (χ1v) is 5.69. The Balaban J connectivity index is 2.25. The lowest BCUT2D eigenvalue weighted by Gasteiger charge is -2.32. The molecule has 1 aliphatic rings. The van der Waals surface area contributed by atoms with Gasteiger partial charge in [-0.25, -0.2) is 0 Å². The van der Waals surface area contributed by atoms with Crippen LogP contribution in [0, 0.1) is 5.92 Å². The highest BCUT2D eigenvalue weighted by atomic mass is 16.5. The molecule has 2 heteroatoms. The van der Waals surface area contributed by atoms with E-state index >= 15 is 0 Å². The Morgan fingerprint density at radius 3 is 2.85 bits per heavy atom. The molecular weight excluding hydrogens is 162 g/mol. The summed E-state index contributed by atoms with van der Waals surface area (Å²) in [4.78, 5) is 0. The van der Waals surface area contributed by atoms with Crippen LogP contribution < -0.4 is 0 Å². The lowest BCUT2D eigenvalue weighted by Crippen LogP contribution is -2.37. The van der Waals surface area contributed by atoms with Crippen molar-refractivity contribution in [3.63, 3.8) is 0 Å². The number of hydrogen-bond donors (Lipinski definition) is 1. The van der Waals surface area contributed by atoms with E-state index in [2.05, 4.69) is 13.8 Å². The molecule has 0 bridgehead atoms. The van der Waals surface area contributed by atoms with Crippen LogP contribution in [0.2, 0.25) is 0 Å². The lowest BCUT2D eigenvalue weighted by molar-refractivity contribution is -0.146. The van der Waals surface area contributed by atoms with Crippen LogP contribution >= 0.6 is 0 Å². The van der Waals surface area contributed by atoms with Crippen LogP contribution in [0.5, 0.6) is 0 Å². The number of hydrogen-bond acceptors (Lipinski definition) is 2. The molecule has 0 aromatic rings. The molecule has 1 saturated heterocycles. The lowest BCUT2D eigenvalue weighted by atomic mass is 9.92. The molecule has 0 amide bonds. The van der Waals surface area contributed by atoms with Crippen molar-refractivity contribution in [1.82, 2.24) is 5.06 Å². The quantitative estimate of drug-likeness (QED) is 0.727. The van der Waals surface area contributed by atoms with Crippen LogP contribution in [-0.2, 0) is 0 Å². The molecule has 1 aliphatic heterocycles. The van der Waals surface area contributed by atoms with E-state index in [1.165, 1.54) is 32.1 Å². The van der Waals surface area contributed by atoms with Crippen LogP contribution in [0.1, 0.15) is 52.4 Å². The second kappa shape index (κ2) is 5.61. The minimum Gasteiger partial charge on any atom is -0.314 e. The number of nitrogens with zero attached hydrogens (tertiary/aromatic N) is 1. The molecule has 2 unspecified atom stereocenters. The normalized spacial score (nSPS) is 27.5. The highest BCUT2D eigenvalue weighted by molar-refractivity contribution is 4.73. The molecule has 1 N–H and O–H groups in total. The van der Waals surface area contributed by atoms with Gasteiger partial charge in [-0.2, -0.15) is 5.06 Å². The molecule has 0 aromatic heterocycles. The smallest absolute Gasteiger partial charge is 0.0352 e. The molecular formula is C11H23NO. The van der Waals surface area contributed by atoms with E-state index in [0.717, 1.165) is 18.9 Å².